The molecule has 1 aromatic carbocycles. The van der Waals surface area contributed by atoms with Gasteiger partial charge in [-0.2, -0.15) is 5.10 Å². The van der Waals surface area contributed by atoms with Crippen molar-refractivity contribution in [1.82, 2.24) is 19.7 Å². The maximum atomic E-state index is 13.3. The molecule has 0 bridgehead atoms. The highest BCUT2D eigenvalue weighted by Crippen LogP contribution is 2.38. The number of ether oxygens (including phenoxy) is 3. The molecule has 2 aromatic heterocycles. The van der Waals surface area contributed by atoms with E-state index in [1.54, 1.807) is 81.2 Å². The SMILES string of the molecule is CCOC(=O)C1CC2C=C(n3nc(C(C)(C)C)cc3NC(=O)Nc3cccc(Oc4cccnc4)c3)CC=C2CN1C(=O)OC(C)(C)C. The van der Waals surface area contributed by atoms with Crippen LogP contribution in [-0.2, 0) is 19.7 Å². The number of carbonyl (C=O) groups excluding carboxylic acids is 3. The molecule has 48 heavy (non-hydrogen) atoms. The lowest BCUT2D eigenvalue weighted by Gasteiger charge is -2.40. The number of anilines is 2. The number of amides is 3. The molecule has 2 aliphatic rings. The molecule has 2 unspecified atom stereocenters. The number of nitrogens with zero attached hydrogens (tertiary/aromatic N) is 4. The third-order valence-electron chi connectivity index (χ3n) is 7.79. The Morgan fingerprint density at radius 3 is 2.46 bits per heavy atom. The van der Waals surface area contributed by atoms with Gasteiger partial charge in [0.1, 0.15) is 29.0 Å². The van der Waals surface area contributed by atoms with E-state index in [1.165, 1.54) is 4.90 Å². The van der Waals surface area contributed by atoms with Crippen LogP contribution in [0.25, 0.3) is 5.70 Å². The molecule has 0 spiro atoms. The van der Waals surface area contributed by atoms with Crippen LogP contribution < -0.4 is 15.4 Å². The van der Waals surface area contributed by atoms with E-state index >= 15 is 0 Å². The fourth-order valence-corrected chi connectivity index (χ4v) is 5.52. The van der Waals surface area contributed by atoms with Gasteiger partial charge in [0.15, 0.2) is 0 Å². The van der Waals surface area contributed by atoms with Gasteiger partial charge in [-0.15, -0.1) is 0 Å². The standard InChI is InChI=1S/C36H44N6O6/c1-8-46-32(43)29-18-24-17-26(15-14-23(24)22-41(29)34(45)48-36(5,6)7)42-31(20-30(40-42)35(2,3)4)39-33(44)38-25-11-9-12-27(19-25)47-28-13-10-16-37-21-28/h9-14,16-17,19-21,24,29H,8,15,18,22H2,1-7H3,(H2,38,39,44). The van der Waals surface area contributed by atoms with Gasteiger partial charge in [0.25, 0.3) is 0 Å². The number of aromatic nitrogens is 3. The van der Waals surface area contributed by atoms with Gasteiger partial charge in [-0.3, -0.25) is 15.2 Å². The summed E-state index contributed by atoms with van der Waals surface area (Å²) in [5.41, 5.74) is 2.19. The third-order valence-corrected chi connectivity index (χ3v) is 7.79. The second-order valence-corrected chi connectivity index (χ2v) is 13.8. The Hall–Kier alpha value is -5.13. The van der Waals surface area contributed by atoms with Crippen LogP contribution in [-0.4, -0.2) is 62.6 Å². The Balaban J connectivity index is 1.37. The first-order valence-corrected chi connectivity index (χ1v) is 16.1. The van der Waals surface area contributed by atoms with Gasteiger partial charge < -0.3 is 19.5 Å². The van der Waals surface area contributed by atoms with E-state index in [0.717, 1.165) is 17.0 Å². The molecule has 5 rings (SSSR count). The fraction of sp³-hybridized carbons (Fsp3) is 0.417. The smallest absolute Gasteiger partial charge is 0.411 e. The number of pyridine rings is 1. The quantitative estimate of drug-likeness (QED) is 0.199. The Bertz CT molecular complexity index is 1720. The highest BCUT2D eigenvalue weighted by molar-refractivity contribution is 5.99. The van der Waals surface area contributed by atoms with Crippen molar-refractivity contribution >= 4 is 35.3 Å². The third kappa shape index (κ3) is 8.41. The number of benzene rings is 1. The van der Waals surface area contributed by atoms with Crippen molar-refractivity contribution < 1.29 is 28.6 Å². The highest BCUT2D eigenvalue weighted by atomic mass is 16.6. The zero-order chi connectivity index (χ0) is 34.6. The zero-order valence-corrected chi connectivity index (χ0v) is 28.6. The van der Waals surface area contributed by atoms with E-state index < -0.39 is 29.7 Å². The highest BCUT2D eigenvalue weighted by Gasteiger charge is 2.41. The summed E-state index contributed by atoms with van der Waals surface area (Å²) in [5.74, 6) is 1.02. The summed E-state index contributed by atoms with van der Waals surface area (Å²) in [7, 11) is 0. The molecule has 0 saturated carbocycles. The molecule has 1 aliphatic heterocycles. The molecule has 1 saturated heterocycles. The number of allylic oxidation sites excluding steroid dienone is 3. The molecule has 1 aliphatic carbocycles. The minimum atomic E-state index is -0.804. The molecule has 2 N–H and O–H groups in total. The number of fused-ring (bicyclic) bond motifs is 1. The van der Waals surface area contributed by atoms with E-state index in [0.29, 0.717) is 35.8 Å². The van der Waals surface area contributed by atoms with Crippen LogP contribution in [0.3, 0.4) is 0 Å². The van der Waals surface area contributed by atoms with E-state index in [2.05, 4.69) is 48.5 Å². The van der Waals surface area contributed by atoms with E-state index in [4.69, 9.17) is 19.3 Å². The zero-order valence-electron chi connectivity index (χ0n) is 28.6. The lowest BCUT2D eigenvalue weighted by atomic mass is 9.82. The Kier molecular flexibility index (Phi) is 9.92. The number of esters is 1. The molecule has 2 atom stereocenters. The molecular formula is C36H44N6O6. The lowest BCUT2D eigenvalue weighted by molar-refractivity contribution is -0.150. The van der Waals surface area contributed by atoms with Crippen LogP contribution in [0.2, 0.25) is 0 Å². The molecule has 1 fully saturated rings. The average molecular weight is 657 g/mol. The number of piperidine rings is 1. The lowest BCUT2D eigenvalue weighted by Crippen LogP contribution is -2.53. The second-order valence-electron chi connectivity index (χ2n) is 13.8. The molecule has 3 heterocycles. The molecular weight excluding hydrogens is 612 g/mol. The molecule has 254 valence electrons. The number of rotatable bonds is 7. The van der Waals surface area contributed by atoms with E-state index in [1.807, 2.05) is 6.07 Å². The van der Waals surface area contributed by atoms with Gasteiger partial charge >= 0.3 is 18.1 Å². The van der Waals surface area contributed by atoms with Crippen molar-refractivity contribution in [3.05, 3.63) is 78.3 Å². The summed E-state index contributed by atoms with van der Waals surface area (Å²) in [6.45, 7) is 13.7. The summed E-state index contributed by atoms with van der Waals surface area (Å²) < 4.78 is 18.6. The minimum Gasteiger partial charge on any atom is -0.464 e. The minimum absolute atomic E-state index is 0.145. The topological polar surface area (TPSA) is 137 Å². The van der Waals surface area contributed by atoms with Crippen LogP contribution in [0.5, 0.6) is 11.5 Å². The fourth-order valence-electron chi connectivity index (χ4n) is 5.52. The monoisotopic (exact) mass is 656 g/mol. The van der Waals surface area contributed by atoms with E-state index in [-0.39, 0.29) is 24.5 Å². The number of likely N-dealkylation sites (tertiary alicyclic amines) is 1. The van der Waals surface area contributed by atoms with Crippen molar-refractivity contribution in [2.75, 3.05) is 23.8 Å². The summed E-state index contributed by atoms with van der Waals surface area (Å²) in [5, 5.41) is 10.8. The summed E-state index contributed by atoms with van der Waals surface area (Å²) in [4.78, 5) is 45.0. The average Bonchev–Trinajstić information content (AvgIpc) is 3.44. The maximum absolute atomic E-state index is 13.3. The first-order chi connectivity index (χ1) is 22.7. The predicted molar refractivity (Wildman–Crippen MR) is 183 cm³/mol. The normalized spacial score (nSPS) is 17.8. The summed E-state index contributed by atoms with van der Waals surface area (Å²) in [6, 6.07) is 11.3. The van der Waals surface area contributed by atoms with Gasteiger partial charge in [-0.25, -0.2) is 19.1 Å². The van der Waals surface area contributed by atoms with Gasteiger partial charge in [-0.1, -0.05) is 39.0 Å². The van der Waals surface area contributed by atoms with Crippen molar-refractivity contribution in [3.8, 4) is 11.5 Å². The number of nitrogens with one attached hydrogen (secondary N) is 2. The number of urea groups is 1. The van der Waals surface area contributed by atoms with Crippen molar-refractivity contribution in [2.24, 2.45) is 5.92 Å². The Morgan fingerprint density at radius 1 is 1.00 bits per heavy atom. The van der Waals surface area contributed by atoms with Gasteiger partial charge in [0.2, 0.25) is 0 Å². The van der Waals surface area contributed by atoms with Crippen LogP contribution >= 0.6 is 0 Å². The Labute approximate surface area is 281 Å². The second kappa shape index (κ2) is 13.9. The maximum Gasteiger partial charge on any atom is 0.411 e. The largest absolute Gasteiger partial charge is 0.464 e. The van der Waals surface area contributed by atoms with Crippen LogP contribution in [0.4, 0.5) is 21.1 Å². The van der Waals surface area contributed by atoms with E-state index in [9.17, 15) is 14.4 Å². The van der Waals surface area contributed by atoms with Gasteiger partial charge in [-0.05, 0) is 64.0 Å². The predicted octanol–water partition coefficient (Wildman–Crippen LogP) is 7.37. The summed E-state index contributed by atoms with van der Waals surface area (Å²) in [6.07, 6.45) is 7.70. The van der Waals surface area contributed by atoms with Crippen LogP contribution in [0.15, 0.2) is 72.6 Å². The first-order valence-electron chi connectivity index (χ1n) is 16.1. The molecule has 12 nitrogen and oxygen atoms in total. The number of hydrogen-bond donors (Lipinski definition) is 2. The number of carbonyl (C=O) groups is 3. The van der Waals surface area contributed by atoms with Crippen molar-refractivity contribution in [2.45, 2.75) is 78.4 Å². The molecule has 12 heteroatoms. The van der Waals surface area contributed by atoms with Crippen LogP contribution in [0.1, 0.15) is 67.0 Å². The summed E-state index contributed by atoms with van der Waals surface area (Å²) >= 11 is 0. The van der Waals surface area contributed by atoms with Crippen LogP contribution in [0, 0.1) is 5.92 Å². The van der Waals surface area contributed by atoms with Crippen molar-refractivity contribution in [1.29, 1.82) is 0 Å². The molecule has 3 aromatic rings. The first kappa shape index (κ1) is 34.2. The van der Waals surface area contributed by atoms with Crippen molar-refractivity contribution in [3.63, 3.8) is 0 Å². The van der Waals surface area contributed by atoms with Gasteiger partial charge in [0, 0.05) is 54.0 Å². The van der Waals surface area contributed by atoms with Gasteiger partial charge in [0.05, 0.1) is 18.5 Å². The molecule has 0 radical (unpaired) electrons. The Morgan fingerprint density at radius 2 is 1.77 bits per heavy atom. The number of hydrogen-bond acceptors (Lipinski definition) is 8. The molecule has 3 amide bonds.